The van der Waals surface area contributed by atoms with Crippen molar-refractivity contribution in [1.82, 2.24) is 15.2 Å². The summed E-state index contributed by atoms with van der Waals surface area (Å²) in [5.41, 5.74) is 1.10. The number of piperidine rings is 1. The lowest BCUT2D eigenvalue weighted by atomic mass is 10.0. The van der Waals surface area contributed by atoms with E-state index in [2.05, 4.69) is 15.2 Å². The van der Waals surface area contributed by atoms with E-state index in [4.69, 9.17) is 9.47 Å². The van der Waals surface area contributed by atoms with Crippen LogP contribution in [0.25, 0.3) is 0 Å². The Morgan fingerprint density at radius 1 is 1.00 bits per heavy atom. The Morgan fingerprint density at radius 2 is 1.72 bits per heavy atom. The number of amides is 1. The molecule has 0 saturated carbocycles. The summed E-state index contributed by atoms with van der Waals surface area (Å²) in [5.74, 6) is 1.42. The summed E-state index contributed by atoms with van der Waals surface area (Å²) >= 11 is 0. The van der Waals surface area contributed by atoms with E-state index in [1.807, 2.05) is 24.3 Å². The van der Waals surface area contributed by atoms with E-state index in [0.29, 0.717) is 17.4 Å². The van der Waals surface area contributed by atoms with Crippen molar-refractivity contribution in [2.24, 2.45) is 0 Å². The van der Waals surface area contributed by atoms with Crippen LogP contribution in [0.3, 0.4) is 0 Å². The number of benzene rings is 2. The average Bonchev–Trinajstić information content (AvgIpc) is 2.82. The van der Waals surface area contributed by atoms with E-state index in [9.17, 15) is 9.18 Å². The number of nitrogens with one attached hydrogen (secondary N) is 1. The van der Waals surface area contributed by atoms with Crippen molar-refractivity contribution in [3.63, 3.8) is 0 Å². The number of pyridine rings is 1. The first-order chi connectivity index (χ1) is 15.6. The van der Waals surface area contributed by atoms with Gasteiger partial charge in [-0.25, -0.2) is 9.37 Å². The molecule has 1 N–H and O–H groups in total. The molecule has 2 heterocycles. The van der Waals surface area contributed by atoms with Gasteiger partial charge >= 0.3 is 0 Å². The van der Waals surface area contributed by atoms with Gasteiger partial charge in [-0.05, 0) is 60.9 Å². The summed E-state index contributed by atoms with van der Waals surface area (Å²) in [6.45, 7) is 2.54. The summed E-state index contributed by atoms with van der Waals surface area (Å²) in [7, 11) is 0. The Hall–Kier alpha value is -3.45. The fraction of sp³-hybridized carbons (Fsp3) is 0.280. The first-order valence-corrected chi connectivity index (χ1v) is 10.7. The van der Waals surface area contributed by atoms with Gasteiger partial charge < -0.3 is 14.8 Å². The zero-order valence-corrected chi connectivity index (χ0v) is 17.7. The molecule has 2 aromatic carbocycles. The maximum Gasteiger partial charge on any atom is 0.258 e. The normalized spacial score (nSPS) is 14.7. The summed E-state index contributed by atoms with van der Waals surface area (Å²) in [6, 6.07) is 19.3. The fourth-order valence-electron chi connectivity index (χ4n) is 3.63. The summed E-state index contributed by atoms with van der Waals surface area (Å²) in [5, 5.41) is 3.05. The highest BCUT2D eigenvalue weighted by atomic mass is 19.1. The van der Waals surface area contributed by atoms with E-state index < -0.39 is 0 Å². The SMILES string of the molecule is O=C(COc1ccc(Oc2ccccn2)cc1)NC1CCN(Cc2ccc(F)cc2)CC1. The van der Waals surface area contributed by atoms with Crippen LogP contribution in [0.15, 0.2) is 72.9 Å². The zero-order chi connectivity index (χ0) is 22.2. The van der Waals surface area contributed by atoms with Crippen LogP contribution in [0.2, 0.25) is 0 Å². The average molecular weight is 435 g/mol. The van der Waals surface area contributed by atoms with Gasteiger partial charge in [-0.3, -0.25) is 9.69 Å². The second-order valence-electron chi connectivity index (χ2n) is 7.77. The molecule has 7 heteroatoms. The minimum absolute atomic E-state index is 0.0315. The first-order valence-electron chi connectivity index (χ1n) is 10.7. The van der Waals surface area contributed by atoms with Gasteiger partial charge in [0.25, 0.3) is 5.91 Å². The Bertz CT molecular complexity index is 989. The quantitative estimate of drug-likeness (QED) is 0.575. The van der Waals surface area contributed by atoms with Gasteiger partial charge in [0.15, 0.2) is 6.61 Å². The molecule has 0 atom stereocenters. The lowest BCUT2D eigenvalue weighted by Gasteiger charge is -2.32. The van der Waals surface area contributed by atoms with Crippen molar-refractivity contribution < 1.29 is 18.7 Å². The number of hydrogen-bond acceptors (Lipinski definition) is 5. The minimum atomic E-state index is -0.217. The molecule has 0 bridgehead atoms. The maximum atomic E-state index is 13.0. The number of likely N-dealkylation sites (tertiary alicyclic amines) is 1. The summed E-state index contributed by atoms with van der Waals surface area (Å²) in [6.07, 6.45) is 3.43. The van der Waals surface area contributed by atoms with E-state index in [1.54, 1.807) is 36.5 Å². The van der Waals surface area contributed by atoms with Crippen molar-refractivity contribution in [3.8, 4) is 17.4 Å². The third kappa shape index (κ3) is 6.52. The second kappa shape index (κ2) is 10.7. The van der Waals surface area contributed by atoms with Crippen molar-refractivity contribution in [2.45, 2.75) is 25.4 Å². The number of halogens is 1. The predicted molar refractivity (Wildman–Crippen MR) is 119 cm³/mol. The van der Waals surface area contributed by atoms with Crippen LogP contribution in [0.4, 0.5) is 4.39 Å². The molecule has 0 radical (unpaired) electrons. The van der Waals surface area contributed by atoms with Crippen LogP contribution >= 0.6 is 0 Å². The lowest BCUT2D eigenvalue weighted by molar-refractivity contribution is -0.124. The van der Waals surface area contributed by atoms with E-state index in [0.717, 1.165) is 38.0 Å². The van der Waals surface area contributed by atoms with E-state index in [-0.39, 0.29) is 24.4 Å². The highest BCUT2D eigenvalue weighted by molar-refractivity contribution is 5.77. The molecule has 6 nitrogen and oxygen atoms in total. The van der Waals surface area contributed by atoms with Gasteiger partial charge in [0, 0.05) is 37.9 Å². The monoisotopic (exact) mass is 435 g/mol. The number of rotatable bonds is 8. The van der Waals surface area contributed by atoms with Gasteiger partial charge in [0.2, 0.25) is 5.88 Å². The van der Waals surface area contributed by atoms with Crippen molar-refractivity contribution in [2.75, 3.05) is 19.7 Å². The van der Waals surface area contributed by atoms with Gasteiger partial charge in [-0.15, -0.1) is 0 Å². The number of aromatic nitrogens is 1. The lowest BCUT2D eigenvalue weighted by Crippen LogP contribution is -2.45. The molecule has 1 aliphatic heterocycles. The van der Waals surface area contributed by atoms with Crippen LogP contribution in [-0.2, 0) is 11.3 Å². The summed E-state index contributed by atoms with van der Waals surface area (Å²) < 4.78 is 24.3. The topological polar surface area (TPSA) is 63.7 Å². The molecular formula is C25H26FN3O3. The van der Waals surface area contributed by atoms with Crippen molar-refractivity contribution >= 4 is 5.91 Å². The molecule has 1 aromatic heterocycles. The molecule has 1 fully saturated rings. The molecule has 3 aromatic rings. The Morgan fingerprint density at radius 3 is 2.41 bits per heavy atom. The molecular weight excluding hydrogens is 409 g/mol. The largest absolute Gasteiger partial charge is 0.484 e. The Labute approximate surface area is 187 Å². The number of carbonyl (C=O) groups excluding carboxylic acids is 1. The number of nitrogens with zero attached hydrogens (tertiary/aromatic N) is 2. The molecule has 0 spiro atoms. The third-order valence-corrected chi connectivity index (χ3v) is 5.33. The highest BCUT2D eigenvalue weighted by Crippen LogP contribution is 2.22. The van der Waals surface area contributed by atoms with Crippen molar-refractivity contribution in [3.05, 3.63) is 84.3 Å². The molecule has 166 valence electrons. The Kier molecular flexibility index (Phi) is 7.30. The van der Waals surface area contributed by atoms with Gasteiger partial charge in [0.1, 0.15) is 17.3 Å². The van der Waals surface area contributed by atoms with E-state index >= 15 is 0 Å². The van der Waals surface area contributed by atoms with E-state index in [1.165, 1.54) is 12.1 Å². The molecule has 4 rings (SSSR count). The number of carbonyl (C=O) groups is 1. The van der Waals surface area contributed by atoms with Crippen LogP contribution in [0.5, 0.6) is 17.4 Å². The Balaban J connectivity index is 1.16. The van der Waals surface area contributed by atoms with Gasteiger partial charge in [0.05, 0.1) is 0 Å². The van der Waals surface area contributed by atoms with Crippen LogP contribution in [-0.4, -0.2) is 41.5 Å². The molecule has 0 aliphatic carbocycles. The molecule has 1 saturated heterocycles. The van der Waals surface area contributed by atoms with Crippen LogP contribution in [0.1, 0.15) is 18.4 Å². The second-order valence-corrected chi connectivity index (χ2v) is 7.77. The standard InChI is InChI=1S/C25H26FN3O3/c26-20-6-4-19(5-7-20)17-29-15-12-21(13-16-29)28-24(30)18-31-22-8-10-23(11-9-22)32-25-3-1-2-14-27-25/h1-11,14,21H,12-13,15-18H2,(H,28,30). The highest BCUT2D eigenvalue weighted by Gasteiger charge is 2.21. The molecule has 0 unspecified atom stereocenters. The fourth-order valence-corrected chi connectivity index (χ4v) is 3.63. The third-order valence-electron chi connectivity index (χ3n) is 5.33. The van der Waals surface area contributed by atoms with Crippen LogP contribution < -0.4 is 14.8 Å². The molecule has 1 aliphatic rings. The zero-order valence-electron chi connectivity index (χ0n) is 17.7. The van der Waals surface area contributed by atoms with Crippen molar-refractivity contribution in [1.29, 1.82) is 0 Å². The first kappa shape index (κ1) is 21.8. The molecule has 1 amide bonds. The van der Waals surface area contributed by atoms with Gasteiger partial charge in [-0.2, -0.15) is 0 Å². The minimum Gasteiger partial charge on any atom is -0.484 e. The number of hydrogen-bond donors (Lipinski definition) is 1. The number of ether oxygens (including phenoxy) is 2. The molecule has 32 heavy (non-hydrogen) atoms. The van der Waals surface area contributed by atoms with Crippen LogP contribution in [0, 0.1) is 5.82 Å². The van der Waals surface area contributed by atoms with Gasteiger partial charge in [-0.1, -0.05) is 18.2 Å². The smallest absolute Gasteiger partial charge is 0.258 e. The summed E-state index contributed by atoms with van der Waals surface area (Å²) in [4.78, 5) is 18.7. The predicted octanol–water partition coefficient (Wildman–Crippen LogP) is 4.17. The maximum absolute atomic E-state index is 13.0.